The minimum absolute atomic E-state index is 0.492. The van der Waals surface area contributed by atoms with Crippen molar-refractivity contribution in [3.05, 3.63) is 17.5 Å². The Hall–Kier alpha value is -1.52. The molecule has 1 heterocycles. The van der Waals surface area contributed by atoms with Gasteiger partial charge in [0.2, 0.25) is 0 Å². The topological polar surface area (TPSA) is 62.5 Å². The van der Waals surface area contributed by atoms with Gasteiger partial charge in [-0.3, -0.25) is 4.99 Å². The molecule has 5 nitrogen and oxygen atoms in total. The molecular weight excluding hydrogens is 252 g/mol. The van der Waals surface area contributed by atoms with Crippen molar-refractivity contribution in [1.82, 2.24) is 15.8 Å². The summed E-state index contributed by atoms with van der Waals surface area (Å²) in [6.45, 7) is 10.2. The normalized spacial score (nSPS) is 12.2. The molecule has 0 aromatic carbocycles. The maximum atomic E-state index is 5.37. The number of aromatic nitrogens is 1. The van der Waals surface area contributed by atoms with Crippen LogP contribution in [0.5, 0.6) is 0 Å². The van der Waals surface area contributed by atoms with E-state index < -0.39 is 0 Å². The molecule has 0 amide bonds. The number of rotatable bonds is 7. The molecule has 5 heteroatoms. The van der Waals surface area contributed by atoms with Crippen molar-refractivity contribution < 1.29 is 4.52 Å². The van der Waals surface area contributed by atoms with Gasteiger partial charge in [-0.25, -0.2) is 0 Å². The Morgan fingerprint density at radius 1 is 1.30 bits per heavy atom. The van der Waals surface area contributed by atoms with Crippen molar-refractivity contribution in [2.75, 3.05) is 13.6 Å². The molecule has 0 radical (unpaired) electrons. The molecule has 0 fully saturated rings. The monoisotopic (exact) mass is 280 g/mol. The molecule has 0 bridgehead atoms. The molecule has 1 rings (SSSR count). The Morgan fingerprint density at radius 3 is 2.55 bits per heavy atom. The third kappa shape index (κ3) is 5.23. The minimum Gasteiger partial charge on any atom is -0.359 e. The first-order chi connectivity index (χ1) is 9.60. The average Bonchev–Trinajstić information content (AvgIpc) is 2.89. The fraction of sp³-hybridized carbons (Fsp3) is 0.733. The quantitative estimate of drug-likeness (QED) is 0.595. The molecule has 0 saturated heterocycles. The lowest BCUT2D eigenvalue weighted by molar-refractivity contribution is 0.368. The van der Waals surface area contributed by atoms with Crippen molar-refractivity contribution in [1.29, 1.82) is 0 Å². The van der Waals surface area contributed by atoms with Crippen LogP contribution in [0.3, 0.4) is 0 Å². The van der Waals surface area contributed by atoms with Crippen LogP contribution in [0.25, 0.3) is 0 Å². The van der Waals surface area contributed by atoms with E-state index in [0.29, 0.717) is 18.4 Å². The Balaban J connectivity index is 2.48. The van der Waals surface area contributed by atoms with Crippen LogP contribution >= 0.6 is 0 Å². The Labute approximate surface area is 122 Å². The lowest BCUT2D eigenvalue weighted by atomic mass is 9.99. The SMILES string of the molecule is CCC(CC)c1cc(CNC(=NC)NCC(C)C)on1. The molecule has 0 aliphatic carbocycles. The summed E-state index contributed by atoms with van der Waals surface area (Å²) in [5, 5.41) is 10.7. The van der Waals surface area contributed by atoms with Crippen molar-refractivity contribution in [3.8, 4) is 0 Å². The highest BCUT2D eigenvalue weighted by Crippen LogP contribution is 2.22. The number of hydrogen-bond acceptors (Lipinski definition) is 3. The van der Waals surface area contributed by atoms with Crippen molar-refractivity contribution in [2.45, 2.75) is 53.0 Å². The molecule has 0 aliphatic rings. The van der Waals surface area contributed by atoms with Gasteiger partial charge in [-0.15, -0.1) is 0 Å². The van der Waals surface area contributed by atoms with E-state index >= 15 is 0 Å². The van der Waals surface area contributed by atoms with Crippen molar-refractivity contribution in [3.63, 3.8) is 0 Å². The van der Waals surface area contributed by atoms with E-state index in [1.54, 1.807) is 7.05 Å². The number of aliphatic imine (C=N–C) groups is 1. The van der Waals surface area contributed by atoms with Crippen LogP contribution < -0.4 is 10.6 Å². The van der Waals surface area contributed by atoms with Crippen molar-refractivity contribution >= 4 is 5.96 Å². The van der Waals surface area contributed by atoms with Crippen LogP contribution in [0, 0.1) is 5.92 Å². The second-order valence-corrected chi connectivity index (χ2v) is 5.43. The highest BCUT2D eigenvalue weighted by atomic mass is 16.5. The highest BCUT2D eigenvalue weighted by Gasteiger charge is 2.13. The van der Waals surface area contributed by atoms with Crippen LogP contribution in [0.2, 0.25) is 0 Å². The summed E-state index contributed by atoms with van der Waals surface area (Å²) < 4.78 is 5.37. The van der Waals surface area contributed by atoms with E-state index in [1.165, 1.54) is 0 Å². The number of nitrogens with one attached hydrogen (secondary N) is 2. The number of nitrogens with zero attached hydrogens (tertiary/aromatic N) is 2. The molecule has 114 valence electrons. The van der Waals surface area contributed by atoms with E-state index in [1.807, 2.05) is 6.07 Å². The Kier molecular flexibility index (Phi) is 7.12. The van der Waals surface area contributed by atoms with Crippen LogP contribution in [0.4, 0.5) is 0 Å². The average molecular weight is 280 g/mol. The summed E-state index contributed by atoms with van der Waals surface area (Å²) in [5.74, 6) is 2.71. The summed E-state index contributed by atoms with van der Waals surface area (Å²) in [5.41, 5.74) is 1.05. The third-order valence-corrected chi connectivity index (χ3v) is 3.31. The Morgan fingerprint density at radius 2 is 2.00 bits per heavy atom. The molecule has 2 N–H and O–H groups in total. The van der Waals surface area contributed by atoms with E-state index in [-0.39, 0.29) is 0 Å². The van der Waals surface area contributed by atoms with Crippen LogP contribution in [-0.2, 0) is 6.54 Å². The van der Waals surface area contributed by atoms with Crippen LogP contribution in [-0.4, -0.2) is 24.7 Å². The lowest BCUT2D eigenvalue weighted by Crippen LogP contribution is -2.38. The Bertz CT molecular complexity index is 408. The smallest absolute Gasteiger partial charge is 0.191 e. The summed E-state index contributed by atoms with van der Waals surface area (Å²) in [4.78, 5) is 4.18. The van der Waals surface area contributed by atoms with E-state index in [2.05, 4.69) is 48.5 Å². The zero-order chi connectivity index (χ0) is 15.0. The van der Waals surface area contributed by atoms with E-state index in [4.69, 9.17) is 4.52 Å². The fourth-order valence-electron chi connectivity index (χ4n) is 2.00. The first-order valence-corrected chi connectivity index (χ1v) is 7.50. The second kappa shape index (κ2) is 8.61. The summed E-state index contributed by atoms with van der Waals surface area (Å²) in [7, 11) is 1.77. The molecule has 0 spiro atoms. The van der Waals surface area contributed by atoms with Gasteiger partial charge in [0.15, 0.2) is 11.7 Å². The molecule has 0 unspecified atom stereocenters. The largest absolute Gasteiger partial charge is 0.359 e. The van der Waals surface area contributed by atoms with Gasteiger partial charge < -0.3 is 15.2 Å². The maximum absolute atomic E-state index is 5.37. The van der Waals surface area contributed by atoms with Gasteiger partial charge in [0.05, 0.1) is 12.2 Å². The molecular formula is C15H28N4O. The van der Waals surface area contributed by atoms with Gasteiger partial charge in [0.25, 0.3) is 0 Å². The first kappa shape index (κ1) is 16.5. The molecule has 0 saturated carbocycles. The third-order valence-electron chi connectivity index (χ3n) is 3.31. The summed E-state index contributed by atoms with van der Waals surface area (Å²) in [6, 6.07) is 2.04. The number of guanidine groups is 1. The zero-order valence-corrected chi connectivity index (χ0v) is 13.4. The number of hydrogen-bond donors (Lipinski definition) is 2. The maximum Gasteiger partial charge on any atom is 0.191 e. The first-order valence-electron chi connectivity index (χ1n) is 7.50. The molecule has 1 aromatic heterocycles. The van der Waals surface area contributed by atoms with E-state index in [0.717, 1.165) is 36.8 Å². The zero-order valence-electron chi connectivity index (χ0n) is 13.4. The van der Waals surface area contributed by atoms with Crippen LogP contribution in [0.15, 0.2) is 15.6 Å². The predicted molar refractivity (Wildman–Crippen MR) is 82.9 cm³/mol. The van der Waals surface area contributed by atoms with Gasteiger partial charge in [0, 0.05) is 25.6 Å². The van der Waals surface area contributed by atoms with Gasteiger partial charge in [0.1, 0.15) is 0 Å². The highest BCUT2D eigenvalue weighted by molar-refractivity contribution is 5.79. The van der Waals surface area contributed by atoms with Gasteiger partial charge in [-0.05, 0) is 18.8 Å². The minimum atomic E-state index is 0.492. The van der Waals surface area contributed by atoms with Gasteiger partial charge >= 0.3 is 0 Å². The van der Waals surface area contributed by atoms with E-state index in [9.17, 15) is 0 Å². The predicted octanol–water partition coefficient (Wildman–Crippen LogP) is 2.90. The van der Waals surface area contributed by atoms with Crippen LogP contribution in [0.1, 0.15) is 57.9 Å². The molecule has 0 aliphatic heterocycles. The van der Waals surface area contributed by atoms with Crippen molar-refractivity contribution in [2.24, 2.45) is 10.9 Å². The molecule has 0 atom stereocenters. The van der Waals surface area contributed by atoms with Gasteiger partial charge in [-0.2, -0.15) is 0 Å². The van der Waals surface area contributed by atoms with Gasteiger partial charge in [-0.1, -0.05) is 32.9 Å². The standard InChI is InChI=1S/C15H28N4O/c1-6-12(7-2)14-8-13(20-19-14)10-18-15(16-5)17-9-11(3)4/h8,11-12H,6-7,9-10H2,1-5H3,(H2,16,17,18). The summed E-state index contributed by atoms with van der Waals surface area (Å²) >= 11 is 0. The fourth-order valence-corrected chi connectivity index (χ4v) is 2.00. The molecule has 1 aromatic rings. The lowest BCUT2D eigenvalue weighted by Gasteiger charge is -2.12. The second-order valence-electron chi connectivity index (χ2n) is 5.43. The summed E-state index contributed by atoms with van der Waals surface area (Å²) in [6.07, 6.45) is 2.18. The molecule has 20 heavy (non-hydrogen) atoms.